The van der Waals surface area contributed by atoms with Gasteiger partial charge in [-0.15, -0.1) is 11.8 Å². The Morgan fingerprint density at radius 1 is 1.18 bits per heavy atom. The molecule has 0 unspecified atom stereocenters. The maximum absolute atomic E-state index is 12.2. The minimum absolute atomic E-state index is 0.0529. The first-order valence-corrected chi connectivity index (χ1v) is 8.69. The lowest BCUT2D eigenvalue weighted by Crippen LogP contribution is -2.15. The van der Waals surface area contributed by atoms with Gasteiger partial charge in [-0.3, -0.25) is 9.20 Å². The van der Waals surface area contributed by atoms with Gasteiger partial charge in [0.2, 0.25) is 0 Å². The minimum atomic E-state index is -0.0529. The predicted octanol–water partition coefficient (Wildman–Crippen LogP) is 4.37. The molecular weight excluding hydrogens is 360 g/mol. The van der Waals surface area contributed by atoms with Crippen LogP contribution in [-0.4, -0.2) is 9.38 Å². The van der Waals surface area contributed by atoms with Crippen LogP contribution in [-0.2, 0) is 5.75 Å². The smallest absolute Gasteiger partial charge is 0.258 e. The summed E-state index contributed by atoms with van der Waals surface area (Å²) >= 11 is 5.08. The van der Waals surface area contributed by atoms with Crippen molar-refractivity contribution in [2.75, 3.05) is 0 Å². The van der Waals surface area contributed by atoms with Crippen LogP contribution in [0.25, 0.3) is 5.65 Å². The number of fused-ring (bicyclic) bond motifs is 1. The molecule has 2 heterocycles. The zero-order valence-corrected chi connectivity index (χ0v) is 14.7. The largest absolute Gasteiger partial charge is 0.269 e. The van der Waals surface area contributed by atoms with Crippen LogP contribution < -0.4 is 5.56 Å². The summed E-state index contributed by atoms with van der Waals surface area (Å²) in [4.78, 5) is 18.0. The van der Waals surface area contributed by atoms with Crippen molar-refractivity contribution in [1.82, 2.24) is 9.38 Å². The molecule has 3 nitrogen and oxygen atoms in total. The first kappa shape index (κ1) is 15.3. The van der Waals surface area contributed by atoms with Crippen molar-refractivity contribution in [3.05, 3.63) is 74.2 Å². The van der Waals surface area contributed by atoms with E-state index in [1.54, 1.807) is 28.4 Å². The number of thioether (sulfide) groups is 1. The van der Waals surface area contributed by atoms with Gasteiger partial charge in [-0.1, -0.05) is 17.7 Å². The highest BCUT2D eigenvalue weighted by Crippen LogP contribution is 2.26. The Kier molecular flexibility index (Phi) is 4.36. The summed E-state index contributed by atoms with van der Waals surface area (Å²) in [5.41, 5.74) is 3.91. The Labute approximate surface area is 141 Å². The van der Waals surface area contributed by atoms with Crippen LogP contribution in [0.1, 0.15) is 16.8 Å². The highest BCUT2D eigenvalue weighted by Gasteiger charge is 2.05. The molecule has 0 fully saturated rings. The second-order valence-electron chi connectivity index (χ2n) is 5.22. The molecule has 0 atom stereocenters. The monoisotopic (exact) mass is 374 g/mol. The molecule has 22 heavy (non-hydrogen) atoms. The molecule has 1 aromatic carbocycles. The van der Waals surface area contributed by atoms with Crippen LogP contribution in [0.15, 0.2) is 56.8 Å². The average Bonchev–Trinajstić information content (AvgIpc) is 2.49. The summed E-state index contributed by atoms with van der Waals surface area (Å²) in [5, 5.41) is 0. The van der Waals surface area contributed by atoms with Crippen molar-refractivity contribution in [3.63, 3.8) is 0 Å². The van der Waals surface area contributed by atoms with E-state index in [1.165, 1.54) is 16.0 Å². The maximum atomic E-state index is 12.2. The molecule has 0 aliphatic heterocycles. The van der Waals surface area contributed by atoms with E-state index >= 15 is 0 Å². The zero-order valence-electron chi connectivity index (χ0n) is 12.3. The summed E-state index contributed by atoms with van der Waals surface area (Å²) in [6.45, 7) is 4.18. The van der Waals surface area contributed by atoms with Crippen LogP contribution in [0.5, 0.6) is 0 Å². The van der Waals surface area contributed by atoms with Crippen molar-refractivity contribution in [2.45, 2.75) is 24.5 Å². The number of aromatic nitrogens is 2. The number of hydrogen-bond acceptors (Lipinski definition) is 3. The number of hydrogen-bond donors (Lipinski definition) is 0. The van der Waals surface area contributed by atoms with E-state index in [9.17, 15) is 4.79 Å². The van der Waals surface area contributed by atoms with Gasteiger partial charge in [-0.05, 0) is 53.5 Å². The standard InChI is InChI=1S/C17H15BrN2OS/c1-11-3-4-12(2)15(7-11)22-10-14-8-17(21)20-9-13(18)5-6-16(20)19-14/h3-9H,10H2,1-2H3. The Balaban J connectivity index is 1.90. The van der Waals surface area contributed by atoms with Crippen molar-refractivity contribution >= 4 is 33.3 Å². The quantitative estimate of drug-likeness (QED) is 0.638. The van der Waals surface area contributed by atoms with Crippen molar-refractivity contribution in [1.29, 1.82) is 0 Å². The highest BCUT2D eigenvalue weighted by molar-refractivity contribution is 9.10. The van der Waals surface area contributed by atoms with Gasteiger partial charge in [0.05, 0.1) is 5.69 Å². The molecular formula is C17H15BrN2OS. The second kappa shape index (κ2) is 6.26. The Morgan fingerprint density at radius 2 is 2.00 bits per heavy atom. The van der Waals surface area contributed by atoms with Gasteiger partial charge in [0, 0.05) is 27.4 Å². The molecule has 3 aromatic rings. The first-order chi connectivity index (χ1) is 10.5. The average molecular weight is 375 g/mol. The van der Waals surface area contributed by atoms with Gasteiger partial charge in [-0.2, -0.15) is 0 Å². The van der Waals surface area contributed by atoms with E-state index in [-0.39, 0.29) is 5.56 Å². The van der Waals surface area contributed by atoms with Crippen molar-refractivity contribution in [2.24, 2.45) is 0 Å². The van der Waals surface area contributed by atoms with E-state index in [1.807, 2.05) is 12.1 Å². The topological polar surface area (TPSA) is 34.4 Å². The number of rotatable bonds is 3. The number of pyridine rings is 1. The molecule has 0 bridgehead atoms. The zero-order chi connectivity index (χ0) is 15.7. The number of aryl methyl sites for hydroxylation is 2. The molecule has 2 aromatic heterocycles. The van der Waals surface area contributed by atoms with Gasteiger partial charge in [0.15, 0.2) is 0 Å². The lowest BCUT2D eigenvalue weighted by atomic mass is 10.2. The van der Waals surface area contributed by atoms with E-state index in [2.05, 4.69) is 53.0 Å². The lowest BCUT2D eigenvalue weighted by molar-refractivity contribution is 1.01. The van der Waals surface area contributed by atoms with E-state index < -0.39 is 0 Å². The molecule has 0 spiro atoms. The van der Waals surface area contributed by atoms with Crippen LogP contribution >= 0.6 is 27.7 Å². The molecule has 0 radical (unpaired) electrons. The van der Waals surface area contributed by atoms with E-state index in [0.29, 0.717) is 11.4 Å². The summed E-state index contributed by atoms with van der Waals surface area (Å²) in [6, 6.07) is 11.7. The summed E-state index contributed by atoms with van der Waals surface area (Å²) < 4.78 is 2.41. The highest BCUT2D eigenvalue weighted by atomic mass is 79.9. The predicted molar refractivity (Wildman–Crippen MR) is 94.6 cm³/mol. The molecule has 0 aliphatic rings. The van der Waals surface area contributed by atoms with Gasteiger partial charge >= 0.3 is 0 Å². The Hall–Kier alpha value is -1.59. The van der Waals surface area contributed by atoms with Gasteiger partial charge in [0.25, 0.3) is 5.56 Å². The van der Waals surface area contributed by atoms with Crippen molar-refractivity contribution < 1.29 is 0 Å². The van der Waals surface area contributed by atoms with Gasteiger partial charge in [-0.25, -0.2) is 4.98 Å². The third kappa shape index (κ3) is 3.25. The van der Waals surface area contributed by atoms with E-state index in [0.717, 1.165) is 10.2 Å². The Bertz CT molecular complexity index is 905. The third-order valence-electron chi connectivity index (χ3n) is 3.40. The Morgan fingerprint density at radius 3 is 2.82 bits per heavy atom. The second-order valence-corrected chi connectivity index (χ2v) is 7.15. The van der Waals surface area contributed by atoms with Crippen molar-refractivity contribution in [3.8, 4) is 0 Å². The van der Waals surface area contributed by atoms with Crippen LogP contribution in [0.2, 0.25) is 0 Å². The van der Waals surface area contributed by atoms with Gasteiger partial charge < -0.3 is 0 Å². The molecule has 0 saturated heterocycles. The third-order valence-corrected chi connectivity index (χ3v) is 5.06. The molecule has 0 amide bonds. The lowest BCUT2D eigenvalue weighted by Gasteiger charge is -2.07. The summed E-state index contributed by atoms with van der Waals surface area (Å²) in [5.74, 6) is 0.687. The normalized spacial score (nSPS) is 11.0. The fraction of sp³-hybridized carbons (Fsp3) is 0.176. The number of nitrogens with zero attached hydrogens (tertiary/aromatic N) is 2. The molecule has 5 heteroatoms. The SMILES string of the molecule is Cc1ccc(C)c(SCc2cc(=O)n3cc(Br)ccc3n2)c1. The maximum Gasteiger partial charge on any atom is 0.258 e. The molecule has 0 aliphatic carbocycles. The number of benzene rings is 1. The first-order valence-electron chi connectivity index (χ1n) is 6.91. The van der Waals surface area contributed by atoms with Gasteiger partial charge in [0.1, 0.15) is 5.65 Å². The molecule has 0 saturated carbocycles. The molecule has 112 valence electrons. The molecule has 0 N–H and O–H groups in total. The summed E-state index contributed by atoms with van der Waals surface area (Å²) in [7, 11) is 0. The van der Waals surface area contributed by atoms with Crippen LogP contribution in [0.3, 0.4) is 0 Å². The fourth-order valence-corrected chi connectivity index (χ4v) is 3.57. The fourth-order valence-electron chi connectivity index (χ4n) is 2.21. The summed E-state index contributed by atoms with van der Waals surface area (Å²) in [6.07, 6.45) is 1.74. The van der Waals surface area contributed by atoms with E-state index in [4.69, 9.17) is 0 Å². The minimum Gasteiger partial charge on any atom is -0.269 e. The molecule has 3 rings (SSSR count). The van der Waals surface area contributed by atoms with Crippen LogP contribution in [0, 0.1) is 13.8 Å². The number of halogens is 1. The van der Waals surface area contributed by atoms with Crippen LogP contribution in [0.4, 0.5) is 0 Å².